The van der Waals surface area contributed by atoms with Gasteiger partial charge in [-0.25, -0.2) is 14.6 Å². The molecule has 2 aromatic carbocycles. The quantitative estimate of drug-likeness (QED) is 0.288. The third-order valence-electron chi connectivity index (χ3n) is 7.33. The molecular formula is C31H31N5O7. The van der Waals surface area contributed by atoms with Gasteiger partial charge in [-0.1, -0.05) is 48.5 Å². The molecule has 12 heteroatoms. The molecule has 0 aliphatic carbocycles. The number of pyridine rings is 1. The van der Waals surface area contributed by atoms with Crippen molar-refractivity contribution < 1.29 is 33.8 Å². The third-order valence-corrected chi connectivity index (χ3v) is 7.33. The number of anilines is 2. The highest BCUT2D eigenvalue weighted by atomic mass is 16.4. The number of aromatic nitrogens is 1. The molecule has 4 heterocycles. The van der Waals surface area contributed by atoms with Crippen LogP contribution in [0, 0.1) is 0 Å². The Morgan fingerprint density at radius 3 is 2.21 bits per heavy atom. The van der Waals surface area contributed by atoms with Crippen molar-refractivity contribution in [3.63, 3.8) is 0 Å². The zero-order chi connectivity index (χ0) is 30.3. The number of amides is 2. The Morgan fingerprint density at radius 2 is 1.53 bits per heavy atom. The van der Waals surface area contributed by atoms with Gasteiger partial charge in [0.1, 0.15) is 5.82 Å². The fourth-order valence-electron chi connectivity index (χ4n) is 5.24. The maximum absolute atomic E-state index is 13.2. The first-order valence-corrected chi connectivity index (χ1v) is 13.8. The zero-order valence-corrected chi connectivity index (χ0v) is 23.3. The number of nitrogens with one attached hydrogen (secondary N) is 1. The molecule has 43 heavy (non-hydrogen) atoms. The van der Waals surface area contributed by atoms with E-state index in [0.29, 0.717) is 31.9 Å². The van der Waals surface area contributed by atoms with E-state index in [-0.39, 0.29) is 18.4 Å². The third kappa shape index (κ3) is 6.99. The minimum Gasteiger partial charge on any atom is -0.473 e. The number of benzene rings is 2. The van der Waals surface area contributed by atoms with E-state index >= 15 is 0 Å². The van der Waals surface area contributed by atoms with Crippen molar-refractivity contribution in [3.05, 3.63) is 89.9 Å². The summed E-state index contributed by atoms with van der Waals surface area (Å²) in [6, 6.07) is 21.8. The standard InChI is InChI=1S/C29H29N5O3.C2H2O4/c35-26(20-32-14-16-33(17-15-32)29(36)25-11-6-18-37-25)31-27-22-9-4-5-10-24(22)30-28-23(27)12-13-34(28)19-21-7-2-1-3-8-21;3-1(4)2(5)6/h1-11,18H,12-17,19-20H2,(H,30,31,35);(H,3,4)(H,5,6). The van der Waals surface area contributed by atoms with Crippen LogP contribution in [0.3, 0.4) is 0 Å². The lowest BCUT2D eigenvalue weighted by atomic mass is 10.1. The van der Waals surface area contributed by atoms with Gasteiger partial charge in [0.15, 0.2) is 5.76 Å². The van der Waals surface area contributed by atoms with Crippen molar-refractivity contribution in [2.75, 3.05) is 49.5 Å². The number of nitrogens with zero attached hydrogens (tertiary/aromatic N) is 4. The Labute approximate surface area is 247 Å². The molecule has 4 aromatic rings. The van der Waals surface area contributed by atoms with Gasteiger partial charge in [0.25, 0.3) is 5.91 Å². The number of carboxylic acids is 2. The van der Waals surface area contributed by atoms with Gasteiger partial charge in [-0.3, -0.25) is 14.5 Å². The summed E-state index contributed by atoms with van der Waals surface area (Å²) in [6.07, 6.45) is 2.34. The highest BCUT2D eigenvalue weighted by Gasteiger charge is 2.28. The fraction of sp³-hybridized carbons (Fsp3) is 0.258. The Balaban J connectivity index is 0.000000559. The molecule has 2 amide bonds. The number of carbonyl (C=O) groups is 4. The Bertz CT molecular complexity index is 1600. The van der Waals surface area contributed by atoms with Crippen molar-refractivity contribution in [2.45, 2.75) is 13.0 Å². The lowest BCUT2D eigenvalue weighted by Gasteiger charge is -2.33. The summed E-state index contributed by atoms with van der Waals surface area (Å²) < 4.78 is 5.24. The molecule has 2 aliphatic heterocycles. The van der Waals surface area contributed by atoms with Crippen LogP contribution in [0.2, 0.25) is 0 Å². The van der Waals surface area contributed by atoms with Gasteiger partial charge < -0.3 is 29.7 Å². The molecule has 0 saturated carbocycles. The number of aliphatic carboxylic acids is 2. The summed E-state index contributed by atoms with van der Waals surface area (Å²) in [5.41, 5.74) is 4.08. The number of hydrogen-bond donors (Lipinski definition) is 3. The van der Waals surface area contributed by atoms with Crippen molar-refractivity contribution in [2.24, 2.45) is 0 Å². The molecule has 6 rings (SSSR count). The van der Waals surface area contributed by atoms with Crippen LogP contribution < -0.4 is 10.2 Å². The molecule has 0 atom stereocenters. The number of para-hydroxylation sites is 1. The Kier molecular flexibility index (Phi) is 8.96. The predicted molar refractivity (Wildman–Crippen MR) is 158 cm³/mol. The Morgan fingerprint density at radius 1 is 0.837 bits per heavy atom. The van der Waals surface area contributed by atoms with Crippen LogP contribution in [-0.4, -0.2) is 88.0 Å². The van der Waals surface area contributed by atoms with Gasteiger partial charge in [-0.15, -0.1) is 0 Å². The van der Waals surface area contributed by atoms with E-state index in [2.05, 4.69) is 39.4 Å². The van der Waals surface area contributed by atoms with Gasteiger partial charge in [0.05, 0.1) is 24.0 Å². The molecule has 3 N–H and O–H groups in total. The first kappa shape index (κ1) is 29.3. The van der Waals surface area contributed by atoms with Crippen molar-refractivity contribution >= 4 is 46.2 Å². The summed E-state index contributed by atoms with van der Waals surface area (Å²) in [4.78, 5) is 55.1. The predicted octanol–water partition coefficient (Wildman–Crippen LogP) is 2.94. The molecule has 2 aromatic heterocycles. The van der Waals surface area contributed by atoms with E-state index < -0.39 is 11.9 Å². The number of furan rings is 1. The number of piperazine rings is 1. The monoisotopic (exact) mass is 585 g/mol. The molecule has 222 valence electrons. The summed E-state index contributed by atoms with van der Waals surface area (Å²) in [5.74, 6) is -2.50. The van der Waals surface area contributed by atoms with Gasteiger partial charge in [0, 0.05) is 50.2 Å². The largest absolute Gasteiger partial charge is 0.473 e. The van der Waals surface area contributed by atoms with Crippen molar-refractivity contribution in [1.82, 2.24) is 14.8 Å². The van der Waals surface area contributed by atoms with E-state index in [9.17, 15) is 9.59 Å². The van der Waals surface area contributed by atoms with Gasteiger partial charge in [-0.05, 0) is 30.2 Å². The van der Waals surface area contributed by atoms with E-state index in [1.54, 1.807) is 17.0 Å². The second-order valence-corrected chi connectivity index (χ2v) is 10.2. The van der Waals surface area contributed by atoms with Gasteiger partial charge in [-0.2, -0.15) is 0 Å². The van der Waals surface area contributed by atoms with Crippen LogP contribution in [0.1, 0.15) is 21.7 Å². The first-order chi connectivity index (χ1) is 20.8. The zero-order valence-electron chi connectivity index (χ0n) is 23.3. The second-order valence-electron chi connectivity index (χ2n) is 10.2. The molecule has 0 spiro atoms. The number of hydrogen-bond acceptors (Lipinski definition) is 8. The molecule has 1 fully saturated rings. The maximum atomic E-state index is 13.2. The minimum atomic E-state index is -1.82. The average Bonchev–Trinajstić information content (AvgIpc) is 3.69. The van der Waals surface area contributed by atoms with E-state index in [1.807, 2.05) is 30.3 Å². The van der Waals surface area contributed by atoms with Gasteiger partial charge in [0.2, 0.25) is 5.91 Å². The Hall–Kier alpha value is -5.23. The van der Waals surface area contributed by atoms with Gasteiger partial charge >= 0.3 is 11.9 Å². The summed E-state index contributed by atoms with van der Waals surface area (Å²) in [7, 11) is 0. The highest BCUT2D eigenvalue weighted by molar-refractivity contribution is 6.27. The lowest BCUT2D eigenvalue weighted by Crippen LogP contribution is -2.50. The smallest absolute Gasteiger partial charge is 0.414 e. The van der Waals surface area contributed by atoms with Crippen LogP contribution in [0.4, 0.5) is 11.5 Å². The summed E-state index contributed by atoms with van der Waals surface area (Å²) in [6.45, 7) is 4.33. The van der Waals surface area contributed by atoms with Crippen LogP contribution >= 0.6 is 0 Å². The van der Waals surface area contributed by atoms with Crippen LogP contribution in [-0.2, 0) is 27.3 Å². The molecule has 12 nitrogen and oxygen atoms in total. The van der Waals surface area contributed by atoms with E-state index in [1.165, 1.54) is 11.8 Å². The normalized spacial score (nSPS) is 14.5. The molecular weight excluding hydrogens is 554 g/mol. The first-order valence-electron chi connectivity index (χ1n) is 13.8. The second kappa shape index (κ2) is 13.2. The summed E-state index contributed by atoms with van der Waals surface area (Å²) in [5, 5.41) is 19.0. The number of rotatable bonds is 6. The van der Waals surface area contributed by atoms with Crippen molar-refractivity contribution in [1.29, 1.82) is 0 Å². The van der Waals surface area contributed by atoms with Crippen LogP contribution in [0.5, 0.6) is 0 Å². The highest BCUT2D eigenvalue weighted by Crippen LogP contribution is 2.38. The average molecular weight is 586 g/mol. The molecule has 2 aliphatic rings. The van der Waals surface area contributed by atoms with E-state index in [0.717, 1.165) is 47.5 Å². The number of carbonyl (C=O) groups excluding carboxylic acids is 2. The molecule has 1 saturated heterocycles. The SMILES string of the molecule is O=C(CN1CCN(C(=O)c2ccco2)CC1)Nc1c2c(nc3ccccc13)N(Cc1ccccc1)CC2.O=C(O)C(=O)O. The number of carboxylic acid groups (broad SMARTS) is 2. The summed E-state index contributed by atoms with van der Waals surface area (Å²) >= 11 is 0. The molecule has 0 unspecified atom stereocenters. The minimum absolute atomic E-state index is 0.0501. The van der Waals surface area contributed by atoms with Crippen LogP contribution in [0.15, 0.2) is 77.4 Å². The topological polar surface area (TPSA) is 157 Å². The molecule has 0 bridgehead atoms. The number of fused-ring (bicyclic) bond motifs is 2. The van der Waals surface area contributed by atoms with Crippen molar-refractivity contribution in [3.8, 4) is 0 Å². The maximum Gasteiger partial charge on any atom is 0.414 e. The van der Waals surface area contributed by atoms with Crippen LogP contribution in [0.25, 0.3) is 10.9 Å². The fourth-order valence-corrected chi connectivity index (χ4v) is 5.24. The lowest BCUT2D eigenvalue weighted by molar-refractivity contribution is -0.159. The van der Waals surface area contributed by atoms with E-state index in [4.69, 9.17) is 29.2 Å². The molecule has 0 radical (unpaired) electrons.